The molecule has 0 amide bonds. The minimum absolute atomic E-state index is 0.0397. The fraction of sp³-hybridized carbons (Fsp3) is 0.625. The van der Waals surface area contributed by atoms with E-state index >= 15 is 0 Å². The SMILES string of the molecule is CCOC(C(=O)C1CCCc2cccnc21)C1CC1. The standard InChI is InChI=1S/C16H21NO2/c1-2-19-16(12-8-9-12)15(18)13-7-3-5-11-6-4-10-17-14(11)13/h4,6,10,12-13,16H,2-3,5,7-9H2,1H3. The molecule has 3 nitrogen and oxygen atoms in total. The molecule has 19 heavy (non-hydrogen) atoms. The first-order valence-electron chi connectivity index (χ1n) is 7.40. The van der Waals surface area contributed by atoms with Gasteiger partial charge in [0.15, 0.2) is 5.78 Å². The van der Waals surface area contributed by atoms with E-state index in [9.17, 15) is 4.79 Å². The number of carbonyl (C=O) groups is 1. The van der Waals surface area contributed by atoms with Crippen LogP contribution >= 0.6 is 0 Å². The van der Waals surface area contributed by atoms with Crippen molar-refractivity contribution in [1.82, 2.24) is 4.98 Å². The van der Waals surface area contributed by atoms with Crippen molar-refractivity contribution in [2.24, 2.45) is 5.92 Å². The molecule has 102 valence electrons. The Morgan fingerprint density at radius 3 is 3.05 bits per heavy atom. The van der Waals surface area contributed by atoms with Gasteiger partial charge in [-0.05, 0) is 56.6 Å². The van der Waals surface area contributed by atoms with Crippen molar-refractivity contribution in [1.29, 1.82) is 0 Å². The molecular weight excluding hydrogens is 238 g/mol. The number of Topliss-reactive ketones (excluding diaryl/α,β-unsaturated/α-hetero) is 1. The van der Waals surface area contributed by atoms with Crippen LogP contribution in [0.15, 0.2) is 18.3 Å². The molecule has 2 unspecified atom stereocenters. The lowest BCUT2D eigenvalue weighted by Gasteiger charge is -2.26. The summed E-state index contributed by atoms with van der Waals surface area (Å²) in [6.45, 7) is 2.59. The molecular formula is C16H21NO2. The third-order valence-electron chi connectivity index (χ3n) is 4.22. The molecule has 3 rings (SSSR count). The second-order valence-corrected chi connectivity index (χ2v) is 5.61. The third-order valence-corrected chi connectivity index (χ3v) is 4.22. The van der Waals surface area contributed by atoms with Gasteiger partial charge in [-0.1, -0.05) is 6.07 Å². The first kappa shape index (κ1) is 12.8. The van der Waals surface area contributed by atoms with Crippen LogP contribution in [0.3, 0.4) is 0 Å². The van der Waals surface area contributed by atoms with Crippen molar-refractivity contribution in [2.75, 3.05) is 6.61 Å². The molecule has 0 aliphatic heterocycles. The summed E-state index contributed by atoms with van der Waals surface area (Å²) in [4.78, 5) is 17.2. The lowest BCUT2D eigenvalue weighted by atomic mass is 9.81. The zero-order chi connectivity index (χ0) is 13.2. The molecule has 0 radical (unpaired) electrons. The van der Waals surface area contributed by atoms with Crippen LogP contribution in [-0.4, -0.2) is 23.5 Å². The van der Waals surface area contributed by atoms with Crippen LogP contribution in [0, 0.1) is 5.92 Å². The van der Waals surface area contributed by atoms with Gasteiger partial charge in [-0.25, -0.2) is 0 Å². The number of ketones is 1. The Bertz CT molecular complexity index is 468. The van der Waals surface area contributed by atoms with Gasteiger partial charge in [-0.15, -0.1) is 0 Å². The third kappa shape index (κ3) is 2.57. The molecule has 1 aromatic heterocycles. The van der Waals surface area contributed by atoms with Crippen LogP contribution in [0.5, 0.6) is 0 Å². The highest BCUT2D eigenvalue weighted by Gasteiger charge is 2.41. The molecule has 1 heterocycles. The van der Waals surface area contributed by atoms with Gasteiger partial charge in [-0.3, -0.25) is 9.78 Å². The number of ether oxygens (including phenoxy) is 1. The molecule has 0 saturated heterocycles. The monoisotopic (exact) mass is 259 g/mol. The summed E-state index contributed by atoms with van der Waals surface area (Å²) < 4.78 is 5.72. The van der Waals surface area contributed by atoms with Gasteiger partial charge in [0.1, 0.15) is 6.10 Å². The number of carbonyl (C=O) groups excluding carboxylic acids is 1. The predicted molar refractivity (Wildman–Crippen MR) is 73.1 cm³/mol. The molecule has 0 spiro atoms. The highest BCUT2D eigenvalue weighted by Crippen LogP contribution is 2.39. The van der Waals surface area contributed by atoms with Gasteiger partial charge < -0.3 is 4.74 Å². The number of aryl methyl sites for hydroxylation is 1. The van der Waals surface area contributed by atoms with Crippen LogP contribution in [0.4, 0.5) is 0 Å². The summed E-state index contributed by atoms with van der Waals surface area (Å²) in [6.07, 6.45) is 6.95. The van der Waals surface area contributed by atoms with Crippen molar-refractivity contribution < 1.29 is 9.53 Å². The maximum Gasteiger partial charge on any atom is 0.170 e. The second-order valence-electron chi connectivity index (χ2n) is 5.61. The lowest BCUT2D eigenvalue weighted by Crippen LogP contribution is -2.33. The number of aromatic nitrogens is 1. The number of hydrogen-bond acceptors (Lipinski definition) is 3. The Hall–Kier alpha value is -1.22. The molecule has 1 aromatic rings. The Morgan fingerprint density at radius 2 is 2.32 bits per heavy atom. The Labute approximate surface area is 114 Å². The second kappa shape index (κ2) is 5.41. The zero-order valence-electron chi connectivity index (χ0n) is 11.5. The summed E-state index contributed by atoms with van der Waals surface area (Å²) in [5, 5.41) is 0. The molecule has 0 bridgehead atoms. The Kier molecular flexibility index (Phi) is 3.65. The molecule has 2 aliphatic carbocycles. The largest absolute Gasteiger partial charge is 0.370 e. The zero-order valence-corrected chi connectivity index (χ0v) is 11.5. The van der Waals surface area contributed by atoms with Crippen molar-refractivity contribution in [3.8, 4) is 0 Å². The highest BCUT2D eigenvalue weighted by molar-refractivity contribution is 5.90. The van der Waals surface area contributed by atoms with Gasteiger partial charge in [0, 0.05) is 12.8 Å². The summed E-state index contributed by atoms with van der Waals surface area (Å²) in [7, 11) is 0. The number of pyridine rings is 1. The minimum Gasteiger partial charge on any atom is -0.370 e. The summed E-state index contributed by atoms with van der Waals surface area (Å²) in [6, 6.07) is 4.07. The van der Waals surface area contributed by atoms with E-state index in [1.54, 1.807) is 6.20 Å². The maximum absolute atomic E-state index is 12.8. The molecule has 1 fully saturated rings. The summed E-state index contributed by atoms with van der Waals surface area (Å²) in [5.74, 6) is 0.688. The minimum atomic E-state index is -0.192. The molecule has 1 saturated carbocycles. The average Bonchev–Trinajstić information content (AvgIpc) is 3.28. The molecule has 3 heteroatoms. The van der Waals surface area contributed by atoms with Crippen LogP contribution in [0.1, 0.15) is 49.8 Å². The number of hydrogen-bond donors (Lipinski definition) is 0. The summed E-state index contributed by atoms with van der Waals surface area (Å²) in [5.41, 5.74) is 2.25. The predicted octanol–water partition coefficient (Wildman–Crippen LogP) is 2.89. The van der Waals surface area contributed by atoms with Gasteiger partial charge in [0.05, 0.1) is 11.6 Å². The van der Waals surface area contributed by atoms with E-state index in [-0.39, 0.29) is 17.8 Å². The van der Waals surface area contributed by atoms with E-state index in [1.165, 1.54) is 5.56 Å². The average molecular weight is 259 g/mol. The molecule has 2 aliphatic rings. The van der Waals surface area contributed by atoms with Crippen molar-refractivity contribution in [3.63, 3.8) is 0 Å². The smallest absolute Gasteiger partial charge is 0.170 e. The summed E-state index contributed by atoms with van der Waals surface area (Å²) >= 11 is 0. The van der Waals surface area contributed by atoms with E-state index in [0.717, 1.165) is 37.8 Å². The Balaban J connectivity index is 1.83. The quantitative estimate of drug-likeness (QED) is 0.816. The van der Waals surface area contributed by atoms with Crippen molar-refractivity contribution in [2.45, 2.75) is 51.0 Å². The lowest BCUT2D eigenvalue weighted by molar-refractivity contribution is -0.133. The maximum atomic E-state index is 12.8. The first-order valence-corrected chi connectivity index (χ1v) is 7.40. The van der Waals surface area contributed by atoms with Crippen LogP contribution in [0.2, 0.25) is 0 Å². The Morgan fingerprint density at radius 1 is 1.47 bits per heavy atom. The molecule has 2 atom stereocenters. The molecule has 0 aromatic carbocycles. The normalized spacial score (nSPS) is 23.7. The van der Waals surface area contributed by atoms with Crippen molar-refractivity contribution >= 4 is 5.78 Å². The topological polar surface area (TPSA) is 39.2 Å². The van der Waals surface area contributed by atoms with Crippen molar-refractivity contribution in [3.05, 3.63) is 29.6 Å². The van der Waals surface area contributed by atoms with Crippen LogP contribution < -0.4 is 0 Å². The van der Waals surface area contributed by atoms with Crippen LogP contribution in [0.25, 0.3) is 0 Å². The van der Waals surface area contributed by atoms with E-state index in [4.69, 9.17) is 4.74 Å². The fourth-order valence-electron chi connectivity index (χ4n) is 3.11. The number of fused-ring (bicyclic) bond motifs is 1. The number of nitrogens with zero attached hydrogens (tertiary/aromatic N) is 1. The van der Waals surface area contributed by atoms with Gasteiger partial charge >= 0.3 is 0 Å². The van der Waals surface area contributed by atoms with E-state index in [1.807, 2.05) is 13.0 Å². The van der Waals surface area contributed by atoms with E-state index in [0.29, 0.717) is 12.5 Å². The van der Waals surface area contributed by atoms with Gasteiger partial charge in [0.2, 0.25) is 0 Å². The molecule has 0 N–H and O–H groups in total. The fourth-order valence-corrected chi connectivity index (χ4v) is 3.11. The highest BCUT2D eigenvalue weighted by atomic mass is 16.5. The number of rotatable bonds is 5. The van der Waals surface area contributed by atoms with Gasteiger partial charge in [0.25, 0.3) is 0 Å². The van der Waals surface area contributed by atoms with Crippen LogP contribution in [-0.2, 0) is 16.0 Å². The van der Waals surface area contributed by atoms with E-state index < -0.39 is 0 Å². The van der Waals surface area contributed by atoms with Gasteiger partial charge in [-0.2, -0.15) is 0 Å². The first-order chi connectivity index (χ1) is 9.31. The van der Waals surface area contributed by atoms with E-state index in [2.05, 4.69) is 11.1 Å².